The second-order valence-corrected chi connectivity index (χ2v) is 5.14. The van der Waals surface area contributed by atoms with E-state index in [9.17, 15) is 4.79 Å². The summed E-state index contributed by atoms with van der Waals surface area (Å²) in [5.41, 5.74) is 1.62. The summed E-state index contributed by atoms with van der Waals surface area (Å²) in [6.07, 6.45) is 4.84. The van der Waals surface area contributed by atoms with Gasteiger partial charge in [-0.3, -0.25) is 4.79 Å². The van der Waals surface area contributed by atoms with Crippen LogP contribution in [0.25, 0.3) is 0 Å². The summed E-state index contributed by atoms with van der Waals surface area (Å²) in [5, 5.41) is 6.24. The van der Waals surface area contributed by atoms with E-state index in [2.05, 4.69) is 17.6 Å². The van der Waals surface area contributed by atoms with Crippen molar-refractivity contribution in [2.24, 2.45) is 5.92 Å². The molecule has 0 aliphatic heterocycles. The Balaban J connectivity index is 2.07. The lowest BCUT2D eigenvalue weighted by atomic mass is 9.86. The molecule has 0 bridgehead atoms. The Morgan fingerprint density at radius 2 is 1.94 bits per heavy atom. The van der Waals surface area contributed by atoms with Crippen LogP contribution in [0.15, 0.2) is 24.3 Å². The van der Waals surface area contributed by atoms with Crippen molar-refractivity contribution in [2.75, 3.05) is 12.4 Å². The molecule has 3 nitrogen and oxygen atoms in total. The van der Waals surface area contributed by atoms with E-state index < -0.39 is 0 Å². The van der Waals surface area contributed by atoms with Gasteiger partial charge in [0.05, 0.1) is 5.56 Å². The summed E-state index contributed by atoms with van der Waals surface area (Å²) in [7, 11) is 1.84. The monoisotopic (exact) mass is 246 g/mol. The number of hydrogen-bond acceptors (Lipinski definition) is 2. The fraction of sp³-hybridized carbons (Fsp3) is 0.533. The molecule has 2 unspecified atom stereocenters. The molecule has 3 heteroatoms. The summed E-state index contributed by atoms with van der Waals surface area (Å²) in [6, 6.07) is 7.97. The number of anilines is 1. The molecular formula is C15H22N2O. The van der Waals surface area contributed by atoms with Crippen LogP contribution >= 0.6 is 0 Å². The SMILES string of the molecule is CNc1ccccc1C(=O)NC1CCCCC1C. The van der Waals surface area contributed by atoms with Gasteiger partial charge in [-0.05, 0) is 30.9 Å². The first-order valence-corrected chi connectivity index (χ1v) is 6.80. The summed E-state index contributed by atoms with van der Waals surface area (Å²) < 4.78 is 0. The van der Waals surface area contributed by atoms with Crippen LogP contribution in [-0.2, 0) is 0 Å². The Bertz CT molecular complexity index is 417. The highest BCUT2D eigenvalue weighted by Crippen LogP contribution is 2.24. The molecule has 0 saturated heterocycles. The van der Waals surface area contributed by atoms with Gasteiger partial charge in [0.1, 0.15) is 0 Å². The van der Waals surface area contributed by atoms with Crippen LogP contribution in [0.3, 0.4) is 0 Å². The van der Waals surface area contributed by atoms with Crippen LogP contribution in [0.4, 0.5) is 5.69 Å². The van der Waals surface area contributed by atoms with Crippen molar-refractivity contribution in [3.63, 3.8) is 0 Å². The highest BCUT2D eigenvalue weighted by atomic mass is 16.1. The van der Waals surface area contributed by atoms with Gasteiger partial charge in [-0.2, -0.15) is 0 Å². The number of rotatable bonds is 3. The lowest BCUT2D eigenvalue weighted by Gasteiger charge is -2.29. The molecule has 98 valence electrons. The van der Waals surface area contributed by atoms with Gasteiger partial charge in [0.2, 0.25) is 0 Å². The van der Waals surface area contributed by atoms with Gasteiger partial charge in [0.25, 0.3) is 5.91 Å². The average molecular weight is 246 g/mol. The Kier molecular flexibility index (Phi) is 4.24. The predicted molar refractivity (Wildman–Crippen MR) is 74.9 cm³/mol. The number of para-hydroxylation sites is 1. The molecule has 0 heterocycles. The Labute approximate surface area is 109 Å². The highest BCUT2D eigenvalue weighted by molar-refractivity contribution is 5.99. The minimum atomic E-state index is 0.0405. The maximum atomic E-state index is 12.3. The molecule has 1 aliphatic rings. The van der Waals surface area contributed by atoms with E-state index in [0.717, 1.165) is 17.7 Å². The van der Waals surface area contributed by atoms with Gasteiger partial charge >= 0.3 is 0 Å². The summed E-state index contributed by atoms with van der Waals surface area (Å²) in [6.45, 7) is 2.23. The molecule has 2 atom stereocenters. The standard InChI is InChI=1S/C15H22N2O/c1-11-7-3-5-9-13(11)17-15(18)12-8-4-6-10-14(12)16-2/h4,6,8,10-11,13,16H,3,5,7,9H2,1-2H3,(H,17,18). The molecule has 1 saturated carbocycles. The van der Waals surface area contributed by atoms with Crippen LogP contribution in [0.1, 0.15) is 43.0 Å². The molecule has 1 aromatic carbocycles. The molecule has 2 N–H and O–H groups in total. The first-order valence-electron chi connectivity index (χ1n) is 6.80. The fourth-order valence-corrected chi connectivity index (χ4v) is 2.68. The van der Waals surface area contributed by atoms with Crippen molar-refractivity contribution in [1.82, 2.24) is 5.32 Å². The molecular weight excluding hydrogens is 224 g/mol. The van der Waals surface area contributed by atoms with E-state index in [0.29, 0.717) is 12.0 Å². The van der Waals surface area contributed by atoms with Gasteiger partial charge in [-0.1, -0.05) is 31.9 Å². The largest absolute Gasteiger partial charge is 0.387 e. The van der Waals surface area contributed by atoms with E-state index in [1.54, 1.807) is 0 Å². The van der Waals surface area contributed by atoms with Crippen LogP contribution in [0.5, 0.6) is 0 Å². The molecule has 1 amide bonds. The minimum Gasteiger partial charge on any atom is -0.387 e. The Morgan fingerprint density at radius 1 is 1.22 bits per heavy atom. The molecule has 1 aromatic rings. The molecule has 2 rings (SSSR count). The number of hydrogen-bond donors (Lipinski definition) is 2. The Hall–Kier alpha value is -1.51. The maximum absolute atomic E-state index is 12.3. The zero-order valence-corrected chi connectivity index (χ0v) is 11.2. The number of carbonyl (C=O) groups excluding carboxylic acids is 1. The van der Waals surface area contributed by atoms with E-state index in [1.165, 1.54) is 19.3 Å². The summed E-state index contributed by atoms with van der Waals surface area (Å²) in [5.74, 6) is 0.628. The van der Waals surface area contributed by atoms with Crippen LogP contribution < -0.4 is 10.6 Å². The van der Waals surface area contributed by atoms with Crippen molar-refractivity contribution < 1.29 is 4.79 Å². The first kappa shape index (κ1) is 12.9. The first-order chi connectivity index (χ1) is 8.72. The van der Waals surface area contributed by atoms with E-state index in [4.69, 9.17) is 0 Å². The number of amides is 1. The summed E-state index contributed by atoms with van der Waals surface area (Å²) >= 11 is 0. The van der Waals surface area contributed by atoms with Crippen molar-refractivity contribution in [2.45, 2.75) is 38.6 Å². The van der Waals surface area contributed by atoms with Crippen molar-refractivity contribution in [3.8, 4) is 0 Å². The molecule has 0 radical (unpaired) electrons. The fourth-order valence-electron chi connectivity index (χ4n) is 2.68. The van der Waals surface area contributed by atoms with Crippen LogP contribution in [0, 0.1) is 5.92 Å². The smallest absolute Gasteiger partial charge is 0.253 e. The van der Waals surface area contributed by atoms with Crippen molar-refractivity contribution >= 4 is 11.6 Å². The third-order valence-electron chi connectivity index (χ3n) is 3.87. The maximum Gasteiger partial charge on any atom is 0.253 e. The third kappa shape index (κ3) is 2.84. The van der Waals surface area contributed by atoms with E-state index >= 15 is 0 Å². The van der Waals surface area contributed by atoms with Gasteiger partial charge in [-0.25, -0.2) is 0 Å². The zero-order valence-electron chi connectivity index (χ0n) is 11.2. The number of carbonyl (C=O) groups is 1. The predicted octanol–water partition coefficient (Wildman–Crippen LogP) is 3.04. The van der Waals surface area contributed by atoms with Gasteiger partial charge in [0, 0.05) is 18.8 Å². The molecule has 1 aliphatic carbocycles. The van der Waals surface area contributed by atoms with Crippen LogP contribution in [-0.4, -0.2) is 19.0 Å². The van der Waals surface area contributed by atoms with Crippen molar-refractivity contribution in [1.29, 1.82) is 0 Å². The highest BCUT2D eigenvalue weighted by Gasteiger charge is 2.23. The van der Waals surface area contributed by atoms with Crippen LogP contribution in [0.2, 0.25) is 0 Å². The second-order valence-electron chi connectivity index (χ2n) is 5.14. The minimum absolute atomic E-state index is 0.0405. The van der Waals surface area contributed by atoms with E-state index in [1.807, 2.05) is 31.3 Å². The van der Waals surface area contributed by atoms with Gasteiger partial charge in [0.15, 0.2) is 0 Å². The quantitative estimate of drug-likeness (QED) is 0.860. The van der Waals surface area contributed by atoms with Crippen molar-refractivity contribution in [3.05, 3.63) is 29.8 Å². The average Bonchev–Trinajstić information content (AvgIpc) is 2.41. The Morgan fingerprint density at radius 3 is 2.67 bits per heavy atom. The lowest BCUT2D eigenvalue weighted by molar-refractivity contribution is 0.0911. The van der Waals surface area contributed by atoms with E-state index in [-0.39, 0.29) is 5.91 Å². The molecule has 18 heavy (non-hydrogen) atoms. The topological polar surface area (TPSA) is 41.1 Å². The summed E-state index contributed by atoms with van der Waals surface area (Å²) in [4.78, 5) is 12.3. The second kappa shape index (κ2) is 5.89. The molecule has 0 aromatic heterocycles. The normalized spacial score (nSPS) is 23.4. The molecule has 1 fully saturated rings. The number of benzene rings is 1. The van der Waals surface area contributed by atoms with Gasteiger partial charge in [-0.15, -0.1) is 0 Å². The van der Waals surface area contributed by atoms with Gasteiger partial charge < -0.3 is 10.6 Å². The molecule has 0 spiro atoms. The third-order valence-corrected chi connectivity index (χ3v) is 3.87. The zero-order chi connectivity index (χ0) is 13.0. The lowest BCUT2D eigenvalue weighted by Crippen LogP contribution is -2.41. The number of nitrogens with one attached hydrogen (secondary N) is 2.